The second kappa shape index (κ2) is 9.35. The number of likely N-dealkylation sites (tertiary alicyclic amines) is 1. The van der Waals surface area contributed by atoms with E-state index in [0.717, 1.165) is 78.9 Å². The third-order valence-electron chi connectivity index (χ3n) is 8.10. The Labute approximate surface area is 229 Å². The highest BCUT2D eigenvalue weighted by molar-refractivity contribution is 7.20. The molecule has 0 aliphatic carbocycles. The van der Waals surface area contributed by atoms with Crippen LogP contribution in [0, 0.1) is 0 Å². The molecule has 11 heteroatoms. The maximum absolute atomic E-state index is 11.5. The minimum absolute atomic E-state index is 0.166. The summed E-state index contributed by atoms with van der Waals surface area (Å²) in [6, 6.07) is 9.85. The summed E-state index contributed by atoms with van der Waals surface area (Å²) in [6.45, 7) is 6.02. The van der Waals surface area contributed by atoms with Gasteiger partial charge in [0.1, 0.15) is 21.2 Å². The second-order valence-corrected chi connectivity index (χ2v) is 11.8. The van der Waals surface area contributed by atoms with Crippen molar-refractivity contribution in [2.24, 2.45) is 7.05 Å². The number of carboxylic acids is 1. The summed E-state index contributed by atoms with van der Waals surface area (Å²) in [6.07, 6.45) is 5.09. The second-order valence-electron chi connectivity index (χ2n) is 10.8. The van der Waals surface area contributed by atoms with E-state index in [2.05, 4.69) is 20.6 Å². The molecule has 2 saturated heterocycles. The molecule has 0 amide bonds. The highest BCUT2D eigenvalue weighted by Crippen LogP contribution is 2.49. The molecule has 0 bridgehead atoms. The number of benzene rings is 1. The van der Waals surface area contributed by atoms with E-state index in [1.165, 1.54) is 16.9 Å². The minimum Gasteiger partial charge on any atom is -0.477 e. The summed E-state index contributed by atoms with van der Waals surface area (Å²) in [5.41, 5.74) is 2.84. The number of ether oxygens (including phenoxy) is 3. The van der Waals surface area contributed by atoms with Crippen molar-refractivity contribution in [2.75, 3.05) is 19.7 Å². The molecular weight excluding hydrogens is 518 g/mol. The van der Waals surface area contributed by atoms with Crippen LogP contribution in [0.1, 0.15) is 58.9 Å². The maximum atomic E-state index is 11.5. The Kier molecular flexibility index (Phi) is 5.91. The van der Waals surface area contributed by atoms with E-state index >= 15 is 0 Å². The lowest BCUT2D eigenvalue weighted by atomic mass is 9.88. The molecular formula is C28H31N5O5S. The van der Waals surface area contributed by atoms with Crippen LogP contribution < -0.4 is 9.47 Å². The van der Waals surface area contributed by atoms with E-state index < -0.39 is 11.8 Å². The third kappa shape index (κ3) is 4.38. The molecule has 10 nitrogen and oxygen atoms in total. The molecule has 3 aliphatic heterocycles. The Balaban J connectivity index is 1.06. The zero-order chi connectivity index (χ0) is 26.7. The predicted octanol–water partition coefficient (Wildman–Crippen LogP) is 4.34. The van der Waals surface area contributed by atoms with Crippen LogP contribution in [0.5, 0.6) is 11.5 Å². The first-order valence-electron chi connectivity index (χ1n) is 13.4. The molecule has 4 aromatic rings. The topological polar surface area (TPSA) is 104 Å². The Morgan fingerprint density at radius 2 is 2.03 bits per heavy atom. The quantitative estimate of drug-likeness (QED) is 0.363. The van der Waals surface area contributed by atoms with Gasteiger partial charge in [-0.15, -0.1) is 11.3 Å². The SMILES string of the molecule is Cn1ccc([C@@]2(C)Oc3cccc(C4CCN(Cc5nc6sc(C(=O)O)cc6n5C[C@@H]5CCO5)CC4)c3O2)n1. The summed E-state index contributed by atoms with van der Waals surface area (Å²) >= 11 is 1.24. The predicted molar refractivity (Wildman–Crippen MR) is 144 cm³/mol. The molecule has 39 heavy (non-hydrogen) atoms. The normalized spacial score (nSPS) is 23.4. The lowest BCUT2D eigenvalue weighted by molar-refractivity contribution is -0.0726. The van der Waals surface area contributed by atoms with Gasteiger partial charge in [0.05, 0.1) is 24.7 Å². The fraction of sp³-hybridized carbons (Fsp3) is 0.464. The van der Waals surface area contributed by atoms with Crippen LogP contribution in [0.3, 0.4) is 0 Å². The summed E-state index contributed by atoms with van der Waals surface area (Å²) in [5.74, 6) is 1.10. The van der Waals surface area contributed by atoms with Crippen molar-refractivity contribution >= 4 is 27.7 Å². The number of thiophene rings is 1. The molecule has 0 radical (unpaired) electrons. The van der Waals surface area contributed by atoms with E-state index in [1.807, 2.05) is 38.4 Å². The molecule has 204 valence electrons. The van der Waals surface area contributed by atoms with Crippen molar-refractivity contribution in [3.8, 4) is 11.5 Å². The van der Waals surface area contributed by atoms with Crippen LogP contribution in [0.4, 0.5) is 0 Å². The summed E-state index contributed by atoms with van der Waals surface area (Å²) in [7, 11) is 1.89. The van der Waals surface area contributed by atoms with Gasteiger partial charge in [0.15, 0.2) is 11.5 Å². The smallest absolute Gasteiger partial charge is 0.346 e. The maximum Gasteiger partial charge on any atom is 0.346 e. The first-order chi connectivity index (χ1) is 18.9. The number of imidazole rings is 1. The van der Waals surface area contributed by atoms with Gasteiger partial charge in [-0.2, -0.15) is 5.10 Å². The van der Waals surface area contributed by atoms with Gasteiger partial charge in [-0.25, -0.2) is 9.78 Å². The lowest BCUT2D eigenvalue weighted by Crippen LogP contribution is -2.35. The molecule has 0 spiro atoms. The number of para-hydroxylation sites is 1. The van der Waals surface area contributed by atoms with Gasteiger partial charge in [-0.05, 0) is 56.5 Å². The van der Waals surface area contributed by atoms with Crippen LogP contribution in [0.15, 0.2) is 36.5 Å². The van der Waals surface area contributed by atoms with Crippen LogP contribution in [0.25, 0.3) is 10.3 Å². The van der Waals surface area contributed by atoms with Crippen molar-refractivity contribution in [1.82, 2.24) is 24.2 Å². The van der Waals surface area contributed by atoms with Crippen LogP contribution in [-0.4, -0.2) is 61.1 Å². The molecule has 1 N–H and O–H groups in total. The van der Waals surface area contributed by atoms with Crippen LogP contribution >= 0.6 is 11.3 Å². The molecule has 6 heterocycles. The number of aromatic carboxylic acids is 1. The van der Waals surface area contributed by atoms with Gasteiger partial charge < -0.3 is 23.9 Å². The monoisotopic (exact) mass is 549 g/mol. The number of hydrogen-bond donors (Lipinski definition) is 1. The van der Waals surface area contributed by atoms with E-state index in [9.17, 15) is 9.90 Å². The number of carbonyl (C=O) groups is 1. The fourth-order valence-corrected chi connectivity index (χ4v) is 6.75. The van der Waals surface area contributed by atoms with E-state index in [1.54, 1.807) is 10.7 Å². The number of nitrogens with zero attached hydrogens (tertiary/aromatic N) is 5. The highest BCUT2D eigenvalue weighted by Gasteiger charge is 2.43. The molecule has 1 aromatic carbocycles. The lowest BCUT2D eigenvalue weighted by Gasteiger charge is -2.33. The molecule has 3 aromatic heterocycles. The van der Waals surface area contributed by atoms with E-state index in [0.29, 0.717) is 17.3 Å². The fourth-order valence-electron chi connectivity index (χ4n) is 5.86. The van der Waals surface area contributed by atoms with Gasteiger partial charge in [0.25, 0.3) is 5.79 Å². The summed E-state index contributed by atoms with van der Waals surface area (Å²) < 4.78 is 22.3. The first-order valence-corrected chi connectivity index (χ1v) is 14.3. The van der Waals surface area contributed by atoms with Crippen molar-refractivity contribution in [2.45, 2.75) is 57.1 Å². The zero-order valence-corrected chi connectivity index (χ0v) is 22.8. The Morgan fingerprint density at radius 3 is 2.72 bits per heavy atom. The van der Waals surface area contributed by atoms with Gasteiger partial charge in [-0.1, -0.05) is 12.1 Å². The van der Waals surface area contributed by atoms with Crippen molar-refractivity contribution in [3.63, 3.8) is 0 Å². The van der Waals surface area contributed by atoms with Gasteiger partial charge >= 0.3 is 5.97 Å². The van der Waals surface area contributed by atoms with Gasteiger partial charge in [0.2, 0.25) is 0 Å². The Bertz CT molecular complexity index is 1550. The summed E-state index contributed by atoms with van der Waals surface area (Å²) in [4.78, 5) is 19.9. The van der Waals surface area contributed by atoms with Crippen molar-refractivity contribution < 1.29 is 24.1 Å². The van der Waals surface area contributed by atoms with Crippen molar-refractivity contribution in [3.05, 3.63) is 58.5 Å². The molecule has 3 aliphatic rings. The molecule has 0 unspecified atom stereocenters. The summed E-state index contributed by atoms with van der Waals surface area (Å²) in [5, 5.41) is 14.0. The third-order valence-corrected chi connectivity index (χ3v) is 9.11. The average molecular weight is 550 g/mol. The number of piperidine rings is 1. The molecule has 7 rings (SSSR count). The number of aromatic nitrogens is 4. The highest BCUT2D eigenvalue weighted by atomic mass is 32.1. The van der Waals surface area contributed by atoms with Gasteiger partial charge in [-0.3, -0.25) is 9.58 Å². The van der Waals surface area contributed by atoms with Crippen molar-refractivity contribution in [1.29, 1.82) is 0 Å². The number of carboxylic acid groups (broad SMARTS) is 1. The number of hydrogen-bond acceptors (Lipinski definition) is 8. The van der Waals surface area contributed by atoms with Crippen LogP contribution in [-0.2, 0) is 30.7 Å². The van der Waals surface area contributed by atoms with Gasteiger partial charge in [0, 0.05) is 32.3 Å². The van der Waals surface area contributed by atoms with Crippen LogP contribution in [0.2, 0.25) is 0 Å². The Morgan fingerprint density at radius 1 is 1.21 bits per heavy atom. The van der Waals surface area contributed by atoms with E-state index in [-0.39, 0.29) is 6.10 Å². The van der Waals surface area contributed by atoms with E-state index in [4.69, 9.17) is 19.2 Å². The number of fused-ring (bicyclic) bond motifs is 2. The minimum atomic E-state index is -0.936. The largest absolute Gasteiger partial charge is 0.477 e. The Hall–Kier alpha value is -3.41. The number of rotatable bonds is 7. The average Bonchev–Trinajstić information content (AvgIpc) is 3.64. The molecule has 2 atom stereocenters. The standard InChI is InChI=1S/C28H31N5O5S/c1-28(23-8-10-31(2)30-23)37-21-5-3-4-19(25(21)38-28)17-6-11-32(12-7-17)16-24-29-26-20(14-22(39-26)27(34)35)33(24)15-18-9-13-36-18/h3-5,8,10,14,17-18H,6-7,9,11-13,15-16H2,1-2H3,(H,34,35)/t18-,28-/m0/s1. The number of aryl methyl sites for hydroxylation is 1. The molecule has 0 saturated carbocycles. The first kappa shape index (κ1) is 24.6. The molecule has 2 fully saturated rings. The zero-order valence-electron chi connectivity index (χ0n) is 22.0.